The molecular weight excluding hydrogens is 285 g/mol. The fraction of sp³-hybridized carbons (Fsp3) is 0.417. The lowest BCUT2D eigenvalue weighted by atomic mass is 10.1. The summed E-state index contributed by atoms with van der Waals surface area (Å²) in [5, 5.41) is 2.54. The third-order valence-electron chi connectivity index (χ3n) is 2.42. The fourth-order valence-corrected chi connectivity index (χ4v) is 2.69. The Morgan fingerprint density at radius 2 is 2.00 bits per heavy atom. The first-order valence-electron chi connectivity index (χ1n) is 5.82. The van der Waals surface area contributed by atoms with Crippen molar-refractivity contribution in [2.24, 2.45) is 0 Å². The molecule has 0 aliphatic carbocycles. The molecule has 0 saturated carbocycles. The molecule has 4 N–H and O–H groups in total. The molecule has 0 atom stereocenters. The molecule has 1 amide bonds. The van der Waals surface area contributed by atoms with E-state index >= 15 is 0 Å². The van der Waals surface area contributed by atoms with Gasteiger partial charge in [0.25, 0.3) is 5.91 Å². The number of nitrogen functional groups attached to an aromatic ring is 1. The van der Waals surface area contributed by atoms with E-state index in [0.29, 0.717) is 0 Å². The number of carbonyl (C=O) groups is 1. The highest BCUT2D eigenvalue weighted by Gasteiger charge is 2.23. The molecule has 1 aromatic carbocycles. The van der Waals surface area contributed by atoms with Crippen LogP contribution in [-0.4, -0.2) is 32.7 Å². The van der Waals surface area contributed by atoms with Crippen LogP contribution in [0, 0.1) is 5.82 Å². The topological polar surface area (TPSA) is 101 Å². The number of hydrogen-bond donors (Lipinski definition) is 3. The Bertz CT molecular complexity index is 614. The zero-order chi connectivity index (χ0) is 15.6. The number of benzene rings is 1. The third-order valence-corrected chi connectivity index (χ3v) is 3.34. The molecule has 0 fully saturated rings. The average molecular weight is 303 g/mol. The molecular formula is C12H18FN3O3S. The van der Waals surface area contributed by atoms with E-state index in [4.69, 9.17) is 5.73 Å². The molecule has 0 unspecified atom stereocenters. The van der Waals surface area contributed by atoms with Gasteiger partial charge in [0.1, 0.15) is 5.82 Å². The molecule has 0 radical (unpaired) electrons. The zero-order valence-corrected chi connectivity index (χ0v) is 12.3. The summed E-state index contributed by atoms with van der Waals surface area (Å²) in [5.74, 6) is -1.18. The van der Waals surface area contributed by atoms with Gasteiger partial charge in [0.05, 0.1) is 11.9 Å². The molecule has 0 bridgehead atoms. The van der Waals surface area contributed by atoms with Gasteiger partial charge < -0.3 is 11.1 Å². The number of rotatable bonds is 5. The van der Waals surface area contributed by atoms with Gasteiger partial charge in [-0.2, -0.15) is 0 Å². The van der Waals surface area contributed by atoms with Crippen LogP contribution < -0.4 is 15.8 Å². The number of nitrogens with two attached hydrogens (primary N) is 1. The summed E-state index contributed by atoms with van der Waals surface area (Å²) in [6, 6.07) is 3.72. The number of hydrogen-bond acceptors (Lipinski definition) is 4. The first kappa shape index (κ1) is 16.4. The van der Waals surface area contributed by atoms with Gasteiger partial charge in [-0.1, -0.05) is 0 Å². The predicted molar refractivity (Wildman–Crippen MR) is 75.2 cm³/mol. The second-order valence-corrected chi connectivity index (χ2v) is 6.93. The van der Waals surface area contributed by atoms with E-state index in [1.807, 2.05) is 0 Å². The Balaban J connectivity index is 2.69. The van der Waals surface area contributed by atoms with Crippen molar-refractivity contribution in [3.63, 3.8) is 0 Å². The van der Waals surface area contributed by atoms with E-state index in [0.717, 1.165) is 12.3 Å². The van der Waals surface area contributed by atoms with Gasteiger partial charge in [0.15, 0.2) is 0 Å². The van der Waals surface area contributed by atoms with Crippen molar-refractivity contribution in [3.8, 4) is 0 Å². The molecule has 6 nitrogen and oxygen atoms in total. The summed E-state index contributed by atoms with van der Waals surface area (Å²) in [7, 11) is -3.38. The van der Waals surface area contributed by atoms with Crippen molar-refractivity contribution in [1.29, 1.82) is 0 Å². The van der Waals surface area contributed by atoms with Gasteiger partial charge in [0, 0.05) is 17.6 Å². The van der Waals surface area contributed by atoms with Crippen LogP contribution in [0.4, 0.5) is 10.1 Å². The third kappa shape index (κ3) is 5.14. The van der Waals surface area contributed by atoms with Crippen molar-refractivity contribution >= 4 is 21.6 Å². The highest BCUT2D eigenvalue weighted by atomic mass is 32.2. The van der Waals surface area contributed by atoms with Crippen LogP contribution >= 0.6 is 0 Å². The molecule has 0 saturated heterocycles. The normalized spacial score (nSPS) is 12.2. The van der Waals surface area contributed by atoms with E-state index in [2.05, 4.69) is 10.0 Å². The largest absolute Gasteiger partial charge is 0.396 e. The molecule has 0 spiro atoms. The number of sulfonamides is 1. The smallest absolute Gasteiger partial charge is 0.251 e. The molecule has 0 aromatic heterocycles. The van der Waals surface area contributed by atoms with Gasteiger partial charge in [-0.25, -0.2) is 17.5 Å². The lowest BCUT2D eigenvalue weighted by Crippen LogP contribution is -2.51. The van der Waals surface area contributed by atoms with E-state index in [1.54, 1.807) is 13.8 Å². The molecule has 0 aliphatic heterocycles. The predicted octanol–water partition coefficient (Wildman–Crippen LogP) is 0.466. The molecule has 1 rings (SSSR count). The second kappa shape index (κ2) is 5.76. The zero-order valence-electron chi connectivity index (χ0n) is 11.5. The lowest BCUT2D eigenvalue weighted by molar-refractivity contribution is 0.0944. The summed E-state index contributed by atoms with van der Waals surface area (Å²) >= 11 is 0. The summed E-state index contributed by atoms with van der Waals surface area (Å²) in [6.45, 7) is 3.31. The summed E-state index contributed by atoms with van der Waals surface area (Å²) in [6.07, 6.45) is 1.03. The van der Waals surface area contributed by atoms with E-state index in [9.17, 15) is 17.6 Å². The maximum absolute atomic E-state index is 13.2. The quantitative estimate of drug-likeness (QED) is 0.688. The van der Waals surface area contributed by atoms with Crippen LogP contribution in [0.15, 0.2) is 18.2 Å². The Morgan fingerprint density at radius 1 is 1.40 bits per heavy atom. The van der Waals surface area contributed by atoms with Crippen molar-refractivity contribution < 1.29 is 17.6 Å². The minimum Gasteiger partial charge on any atom is -0.396 e. The van der Waals surface area contributed by atoms with Crippen molar-refractivity contribution in [2.45, 2.75) is 19.4 Å². The average Bonchev–Trinajstić information content (AvgIpc) is 2.26. The van der Waals surface area contributed by atoms with Crippen LogP contribution in [-0.2, 0) is 10.0 Å². The molecule has 0 heterocycles. The van der Waals surface area contributed by atoms with Crippen LogP contribution in [0.2, 0.25) is 0 Å². The number of halogens is 1. The van der Waals surface area contributed by atoms with E-state index in [-0.39, 0.29) is 17.8 Å². The minimum atomic E-state index is -3.38. The van der Waals surface area contributed by atoms with Crippen molar-refractivity contribution in [2.75, 3.05) is 18.5 Å². The Labute approximate surface area is 117 Å². The standard InChI is InChI=1S/C12H18FN3O3S/c1-12(2,16-20(3,18)19)7-15-11(17)8-4-5-10(14)9(13)6-8/h4-6,16H,7,14H2,1-3H3,(H,15,17). The van der Waals surface area contributed by atoms with E-state index < -0.39 is 27.3 Å². The van der Waals surface area contributed by atoms with Crippen LogP contribution in [0.25, 0.3) is 0 Å². The maximum Gasteiger partial charge on any atom is 0.251 e. The number of carbonyl (C=O) groups excluding carboxylic acids is 1. The summed E-state index contributed by atoms with van der Waals surface area (Å²) in [5.41, 5.74) is 4.54. The summed E-state index contributed by atoms with van der Waals surface area (Å²) < 4.78 is 37.9. The molecule has 20 heavy (non-hydrogen) atoms. The lowest BCUT2D eigenvalue weighted by Gasteiger charge is -2.25. The number of amides is 1. The van der Waals surface area contributed by atoms with Gasteiger partial charge >= 0.3 is 0 Å². The van der Waals surface area contributed by atoms with Crippen molar-refractivity contribution in [3.05, 3.63) is 29.6 Å². The molecule has 112 valence electrons. The van der Waals surface area contributed by atoms with Crippen LogP contribution in [0.1, 0.15) is 24.2 Å². The number of anilines is 1. The minimum absolute atomic E-state index is 0.0411. The molecule has 0 aliphatic rings. The van der Waals surface area contributed by atoms with E-state index in [1.165, 1.54) is 12.1 Å². The second-order valence-electron chi connectivity index (χ2n) is 5.18. The van der Waals surface area contributed by atoms with Crippen LogP contribution in [0.5, 0.6) is 0 Å². The van der Waals surface area contributed by atoms with Gasteiger partial charge in [-0.15, -0.1) is 0 Å². The first-order chi connectivity index (χ1) is 9.00. The first-order valence-corrected chi connectivity index (χ1v) is 7.71. The highest BCUT2D eigenvalue weighted by molar-refractivity contribution is 7.88. The van der Waals surface area contributed by atoms with Gasteiger partial charge in [-0.3, -0.25) is 4.79 Å². The van der Waals surface area contributed by atoms with Gasteiger partial charge in [-0.05, 0) is 32.0 Å². The molecule has 1 aromatic rings. The maximum atomic E-state index is 13.2. The van der Waals surface area contributed by atoms with Crippen LogP contribution in [0.3, 0.4) is 0 Å². The fourth-order valence-electron chi connectivity index (χ4n) is 1.61. The Kier molecular flexibility index (Phi) is 4.72. The monoisotopic (exact) mass is 303 g/mol. The Morgan fingerprint density at radius 3 is 2.50 bits per heavy atom. The SMILES string of the molecule is CC(C)(CNC(=O)c1ccc(N)c(F)c1)NS(C)(=O)=O. The number of nitrogens with one attached hydrogen (secondary N) is 2. The Hall–Kier alpha value is -1.67. The molecule has 8 heteroatoms. The van der Waals surface area contributed by atoms with Gasteiger partial charge in [0.2, 0.25) is 10.0 Å². The summed E-state index contributed by atoms with van der Waals surface area (Å²) in [4.78, 5) is 11.8. The van der Waals surface area contributed by atoms with Crippen molar-refractivity contribution in [1.82, 2.24) is 10.0 Å². The highest BCUT2D eigenvalue weighted by Crippen LogP contribution is 2.12.